The van der Waals surface area contributed by atoms with Crippen molar-refractivity contribution in [1.29, 1.82) is 0 Å². The van der Waals surface area contributed by atoms with E-state index in [4.69, 9.17) is 0 Å². The molecule has 1 unspecified atom stereocenters. The number of nitrogens with one attached hydrogen (secondary N) is 2. The second-order valence-electron chi connectivity index (χ2n) is 4.29. The zero-order valence-corrected chi connectivity index (χ0v) is 10.7. The highest BCUT2D eigenvalue weighted by atomic mass is 19.1. The summed E-state index contributed by atoms with van der Waals surface area (Å²) in [6.45, 7) is 3.89. The Morgan fingerprint density at radius 2 is 2.17 bits per heavy atom. The predicted octanol–water partition coefficient (Wildman–Crippen LogP) is 2.42. The van der Waals surface area contributed by atoms with Crippen LogP contribution in [0.1, 0.15) is 25.3 Å². The highest BCUT2D eigenvalue weighted by molar-refractivity contribution is 5.89. The molecule has 0 aliphatic heterocycles. The third-order valence-electron chi connectivity index (χ3n) is 2.42. The molecule has 0 saturated carbocycles. The van der Waals surface area contributed by atoms with Gasteiger partial charge in [0.2, 0.25) is 0 Å². The quantitative estimate of drug-likeness (QED) is 0.755. The lowest BCUT2D eigenvalue weighted by atomic mass is 10.2. The normalized spacial score (nSPS) is 12.0. The van der Waals surface area contributed by atoms with Crippen molar-refractivity contribution in [3.8, 4) is 0 Å². The molecule has 100 valence electrons. The molecule has 0 spiro atoms. The van der Waals surface area contributed by atoms with Crippen LogP contribution in [-0.4, -0.2) is 23.8 Å². The summed E-state index contributed by atoms with van der Waals surface area (Å²) in [7, 11) is 0. The van der Waals surface area contributed by atoms with Gasteiger partial charge in [-0.1, -0.05) is 13.3 Å². The number of carbonyl (C=O) groups excluding carboxylic acids is 1. The minimum absolute atomic E-state index is 0.188. The van der Waals surface area contributed by atoms with E-state index in [1.165, 1.54) is 12.1 Å². The van der Waals surface area contributed by atoms with Gasteiger partial charge in [0.05, 0.1) is 6.10 Å². The minimum Gasteiger partial charge on any atom is -0.391 e. The summed E-state index contributed by atoms with van der Waals surface area (Å²) in [5.41, 5.74) is 1.13. The van der Waals surface area contributed by atoms with Gasteiger partial charge in [-0.3, -0.25) is 0 Å². The molecule has 2 amide bonds. The molecule has 0 bridgehead atoms. The fraction of sp³-hybridized carbons (Fsp3) is 0.462. The van der Waals surface area contributed by atoms with Crippen LogP contribution in [-0.2, 0) is 0 Å². The van der Waals surface area contributed by atoms with Crippen molar-refractivity contribution >= 4 is 11.7 Å². The summed E-state index contributed by atoms with van der Waals surface area (Å²) in [6.07, 6.45) is 0.947. The van der Waals surface area contributed by atoms with Crippen molar-refractivity contribution in [3.05, 3.63) is 29.6 Å². The Labute approximate surface area is 106 Å². The summed E-state index contributed by atoms with van der Waals surface area (Å²) in [5.74, 6) is -0.392. The first-order valence-corrected chi connectivity index (χ1v) is 6.01. The van der Waals surface area contributed by atoms with Crippen molar-refractivity contribution in [2.24, 2.45) is 0 Å². The first kappa shape index (κ1) is 14.4. The van der Waals surface area contributed by atoms with E-state index in [1.54, 1.807) is 13.0 Å². The van der Waals surface area contributed by atoms with Gasteiger partial charge in [0.15, 0.2) is 0 Å². The largest absolute Gasteiger partial charge is 0.391 e. The highest BCUT2D eigenvalue weighted by Gasteiger charge is 2.07. The third kappa shape index (κ3) is 5.14. The number of aliphatic hydroxyl groups excluding tert-OH is 1. The smallest absolute Gasteiger partial charge is 0.319 e. The maximum absolute atomic E-state index is 13.1. The standard InChI is InChI=1S/C13H19FN2O2/c1-3-4-12(17)8-15-13(18)16-11-6-9(2)5-10(14)7-11/h5-7,12,17H,3-4,8H2,1-2H3,(H2,15,16,18). The Kier molecular flexibility index (Phi) is 5.58. The van der Waals surface area contributed by atoms with Crippen molar-refractivity contribution in [2.75, 3.05) is 11.9 Å². The number of urea groups is 1. The highest BCUT2D eigenvalue weighted by Crippen LogP contribution is 2.12. The number of hydrogen-bond donors (Lipinski definition) is 3. The average Bonchev–Trinajstić information content (AvgIpc) is 2.25. The van der Waals surface area contributed by atoms with Crippen LogP contribution in [0.2, 0.25) is 0 Å². The van der Waals surface area contributed by atoms with Gasteiger partial charge in [-0.2, -0.15) is 0 Å². The average molecular weight is 254 g/mol. The molecular weight excluding hydrogens is 235 g/mol. The van der Waals surface area contributed by atoms with Gasteiger partial charge >= 0.3 is 6.03 Å². The van der Waals surface area contributed by atoms with E-state index >= 15 is 0 Å². The monoisotopic (exact) mass is 254 g/mol. The molecule has 0 radical (unpaired) electrons. The van der Waals surface area contributed by atoms with Gasteiger partial charge in [-0.25, -0.2) is 9.18 Å². The van der Waals surface area contributed by atoms with Crippen LogP contribution < -0.4 is 10.6 Å². The Morgan fingerprint density at radius 3 is 2.78 bits per heavy atom. The predicted molar refractivity (Wildman–Crippen MR) is 69.1 cm³/mol. The molecule has 1 atom stereocenters. The van der Waals surface area contributed by atoms with E-state index in [-0.39, 0.29) is 6.54 Å². The van der Waals surface area contributed by atoms with Gasteiger partial charge < -0.3 is 15.7 Å². The third-order valence-corrected chi connectivity index (χ3v) is 2.42. The van der Waals surface area contributed by atoms with Gasteiger partial charge in [0.25, 0.3) is 0 Å². The molecule has 0 fully saturated rings. The van der Waals surface area contributed by atoms with E-state index < -0.39 is 18.0 Å². The maximum Gasteiger partial charge on any atom is 0.319 e. The van der Waals surface area contributed by atoms with Gasteiger partial charge in [0, 0.05) is 12.2 Å². The Morgan fingerprint density at radius 1 is 1.44 bits per heavy atom. The lowest BCUT2D eigenvalue weighted by molar-refractivity contribution is 0.162. The number of hydrogen-bond acceptors (Lipinski definition) is 2. The topological polar surface area (TPSA) is 61.4 Å². The summed E-state index contributed by atoms with van der Waals surface area (Å²) in [6, 6.07) is 3.85. The van der Waals surface area contributed by atoms with Crippen molar-refractivity contribution < 1.29 is 14.3 Å². The first-order valence-electron chi connectivity index (χ1n) is 6.01. The molecule has 1 aromatic rings. The van der Waals surface area contributed by atoms with Crippen molar-refractivity contribution in [2.45, 2.75) is 32.8 Å². The number of carbonyl (C=O) groups is 1. The Hall–Kier alpha value is -1.62. The molecule has 18 heavy (non-hydrogen) atoms. The van der Waals surface area contributed by atoms with Crippen molar-refractivity contribution in [3.63, 3.8) is 0 Å². The summed E-state index contributed by atoms with van der Waals surface area (Å²) >= 11 is 0. The maximum atomic E-state index is 13.1. The van der Waals surface area contributed by atoms with Crippen LogP contribution in [0.3, 0.4) is 0 Å². The van der Waals surface area contributed by atoms with Crippen LogP contribution >= 0.6 is 0 Å². The minimum atomic E-state index is -0.546. The molecule has 1 rings (SSSR count). The lowest BCUT2D eigenvalue weighted by Crippen LogP contribution is -2.35. The van der Waals surface area contributed by atoms with E-state index in [1.807, 2.05) is 6.92 Å². The lowest BCUT2D eigenvalue weighted by Gasteiger charge is -2.12. The molecule has 4 nitrogen and oxygen atoms in total. The molecule has 0 aliphatic rings. The second kappa shape index (κ2) is 6.96. The van der Waals surface area contributed by atoms with E-state index in [2.05, 4.69) is 10.6 Å². The molecule has 0 heterocycles. The van der Waals surface area contributed by atoms with Crippen LogP contribution in [0.4, 0.5) is 14.9 Å². The molecule has 0 aliphatic carbocycles. The first-order chi connectivity index (χ1) is 8.51. The molecular formula is C13H19FN2O2. The number of benzene rings is 1. The van der Waals surface area contributed by atoms with Crippen LogP contribution in [0.25, 0.3) is 0 Å². The van der Waals surface area contributed by atoms with Crippen molar-refractivity contribution in [1.82, 2.24) is 5.32 Å². The number of anilines is 1. The summed E-state index contributed by atoms with van der Waals surface area (Å²) < 4.78 is 13.1. The van der Waals surface area contributed by atoms with Crippen LogP contribution in [0, 0.1) is 12.7 Å². The molecule has 5 heteroatoms. The second-order valence-corrected chi connectivity index (χ2v) is 4.29. The van der Waals surface area contributed by atoms with Crippen LogP contribution in [0.5, 0.6) is 0 Å². The van der Waals surface area contributed by atoms with E-state index in [0.717, 1.165) is 12.0 Å². The van der Waals surface area contributed by atoms with Gasteiger partial charge in [0.1, 0.15) is 5.82 Å². The molecule has 0 saturated heterocycles. The number of aryl methyl sites for hydroxylation is 1. The number of rotatable bonds is 5. The number of aliphatic hydroxyl groups is 1. The number of amides is 2. The zero-order valence-electron chi connectivity index (χ0n) is 10.7. The number of halogens is 1. The summed E-state index contributed by atoms with van der Waals surface area (Å²) in [5, 5.41) is 14.5. The zero-order chi connectivity index (χ0) is 13.5. The Balaban J connectivity index is 2.44. The van der Waals surface area contributed by atoms with Crippen LogP contribution in [0.15, 0.2) is 18.2 Å². The fourth-order valence-corrected chi connectivity index (χ4v) is 1.63. The summed E-state index contributed by atoms with van der Waals surface area (Å²) in [4.78, 5) is 11.5. The van der Waals surface area contributed by atoms with Gasteiger partial charge in [-0.05, 0) is 37.1 Å². The SMILES string of the molecule is CCCC(O)CNC(=O)Nc1cc(C)cc(F)c1. The Bertz CT molecular complexity index is 390. The fourth-order valence-electron chi connectivity index (χ4n) is 1.63. The molecule has 3 N–H and O–H groups in total. The molecule has 0 aromatic heterocycles. The van der Waals surface area contributed by atoms with E-state index in [9.17, 15) is 14.3 Å². The van der Waals surface area contributed by atoms with Gasteiger partial charge in [-0.15, -0.1) is 0 Å². The van der Waals surface area contributed by atoms with E-state index in [0.29, 0.717) is 12.1 Å². The molecule has 1 aromatic carbocycles.